The van der Waals surface area contributed by atoms with Crippen LogP contribution >= 0.6 is 0 Å². The minimum absolute atomic E-state index is 0.0197. The van der Waals surface area contributed by atoms with Gasteiger partial charge in [-0.3, -0.25) is 0 Å². The van der Waals surface area contributed by atoms with Crippen LogP contribution < -0.4 is 5.32 Å². The van der Waals surface area contributed by atoms with Crippen molar-refractivity contribution in [3.05, 3.63) is 0 Å². The van der Waals surface area contributed by atoms with E-state index in [0.717, 1.165) is 18.8 Å². The van der Waals surface area contributed by atoms with Gasteiger partial charge in [-0.1, -0.05) is 33.6 Å². The third-order valence-electron chi connectivity index (χ3n) is 2.99. The Morgan fingerprint density at radius 2 is 2.23 bits per heavy atom. The normalized spacial score (nSPS) is 35.3. The summed E-state index contributed by atoms with van der Waals surface area (Å²) in [5, 5.41) is 13.0. The molecule has 0 bridgehead atoms. The molecule has 1 fully saturated rings. The van der Waals surface area contributed by atoms with Gasteiger partial charge in [-0.25, -0.2) is 0 Å². The van der Waals surface area contributed by atoms with Gasteiger partial charge in [0.25, 0.3) is 0 Å². The highest BCUT2D eigenvalue weighted by Crippen LogP contribution is 2.32. The largest absolute Gasteiger partial charge is 0.394 e. The first-order valence-corrected chi connectivity index (χ1v) is 5.46. The lowest BCUT2D eigenvalue weighted by Gasteiger charge is -2.41. The van der Waals surface area contributed by atoms with Gasteiger partial charge in [-0.15, -0.1) is 0 Å². The first-order chi connectivity index (χ1) is 6.08. The Hall–Kier alpha value is -0.0800. The van der Waals surface area contributed by atoms with Crippen LogP contribution in [-0.4, -0.2) is 23.3 Å². The van der Waals surface area contributed by atoms with Crippen LogP contribution in [0.3, 0.4) is 0 Å². The van der Waals surface area contributed by atoms with E-state index in [1.54, 1.807) is 0 Å². The molecule has 0 amide bonds. The average molecular weight is 185 g/mol. The predicted molar refractivity (Wildman–Crippen MR) is 55.7 cm³/mol. The molecule has 0 radical (unpaired) electrons. The zero-order valence-electron chi connectivity index (χ0n) is 9.14. The van der Waals surface area contributed by atoms with E-state index in [2.05, 4.69) is 26.1 Å². The van der Waals surface area contributed by atoms with Crippen molar-refractivity contribution in [1.29, 1.82) is 0 Å². The van der Waals surface area contributed by atoms with E-state index in [9.17, 15) is 5.11 Å². The van der Waals surface area contributed by atoms with Crippen molar-refractivity contribution in [3.8, 4) is 0 Å². The van der Waals surface area contributed by atoms with Gasteiger partial charge in [-0.05, 0) is 18.8 Å². The fraction of sp³-hybridized carbons (Fsp3) is 1.00. The van der Waals surface area contributed by atoms with Crippen molar-refractivity contribution in [2.45, 2.75) is 58.0 Å². The molecule has 78 valence electrons. The monoisotopic (exact) mass is 185 g/mol. The van der Waals surface area contributed by atoms with Gasteiger partial charge in [0.05, 0.1) is 6.61 Å². The lowest BCUT2D eigenvalue weighted by Crippen LogP contribution is -2.53. The zero-order valence-corrected chi connectivity index (χ0v) is 9.14. The fourth-order valence-corrected chi connectivity index (χ4v) is 2.59. The lowest BCUT2D eigenvalue weighted by molar-refractivity contribution is 0.0923. The molecule has 0 saturated heterocycles. The van der Waals surface area contributed by atoms with Crippen LogP contribution in [0.25, 0.3) is 0 Å². The smallest absolute Gasteiger partial charge is 0.0613 e. The molecular formula is C11H23NO. The van der Waals surface area contributed by atoms with Crippen LogP contribution in [0.15, 0.2) is 0 Å². The summed E-state index contributed by atoms with van der Waals surface area (Å²) in [6, 6.07) is 0.470. The van der Waals surface area contributed by atoms with Crippen molar-refractivity contribution < 1.29 is 5.11 Å². The SMILES string of the molecule is CC1CCCC(CO)(NC(C)C)C1. The fourth-order valence-electron chi connectivity index (χ4n) is 2.59. The third kappa shape index (κ3) is 2.96. The summed E-state index contributed by atoms with van der Waals surface area (Å²) in [4.78, 5) is 0. The van der Waals surface area contributed by atoms with Crippen molar-refractivity contribution in [3.63, 3.8) is 0 Å². The summed E-state index contributed by atoms with van der Waals surface area (Å²) in [6.45, 7) is 6.87. The van der Waals surface area contributed by atoms with E-state index in [4.69, 9.17) is 0 Å². The number of hydrogen-bond donors (Lipinski definition) is 2. The van der Waals surface area contributed by atoms with E-state index in [1.807, 2.05) is 0 Å². The molecule has 2 unspecified atom stereocenters. The maximum Gasteiger partial charge on any atom is 0.0613 e. The number of aliphatic hydroxyl groups excluding tert-OH is 1. The maximum atomic E-state index is 9.45. The van der Waals surface area contributed by atoms with Crippen LogP contribution in [0, 0.1) is 5.92 Å². The Kier molecular flexibility index (Phi) is 3.74. The molecule has 0 aromatic carbocycles. The molecule has 1 aliphatic rings. The first-order valence-electron chi connectivity index (χ1n) is 5.46. The molecule has 0 spiro atoms. The van der Waals surface area contributed by atoms with Crippen LogP contribution in [0.2, 0.25) is 0 Å². The molecule has 13 heavy (non-hydrogen) atoms. The van der Waals surface area contributed by atoms with Gasteiger partial charge >= 0.3 is 0 Å². The molecular weight excluding hydrogens is 162 g/mol. The Morgan fingerprint density at radius 3 is 2.69 bits per heavy atom. The quantitative estimate of drug-likeness (QED) is 0.704. The molecule has 0 aliphatic heterocycles. The lowest BCUT2D eigenvalue weighted by atomic mass is 9.76. The summed E-state index contributed by atoms with van der Waals surface area (Å²) in [7, 11) is 0. The molecule has 0 heterocycles. The molecule has 2 atom stereocenters. The van der Waals surface area contributed by atoms with E-state index in [1.165, 1.54) is 12.8 Å². The number of aliphatic hydroxyl groups is 1. The summed E-state index contributed by atoms with van der Waals surface area (Å²) in [6.07, 6.45) is 4.83. The number of rotatable bonds is 3. The summed E-state index contributed by atoms with van der Waals surface area (Å²) < 4.78 is 0. The molecule has 2 heteroatoms. The van der Waals surface area contributed by atoms with Crippen molar-refractivity contribution >= 4 is 0 Å². The van der Waals surface area contributed by atoms with Crippen molar-refractivity contribution in [2.24, 2.45) is 5.92 Å². The van der Waals surface area contributed by atoms with Gasteiger partial charge in [0.15, 0.2) is 0 Å². The molecule has 1 saturated carbocycles. The molecule has 2 nitrogen and oxygen atoms in total. The van der Waals surface area contributed by atoms with E-state index < -0.39 is 0 Å². The van der Waals surface area contributed by atoms with Gasteiger partial charge in [0, 0.05) is 11.6 Å². The van der Waals surface area contributed by atoms with Crippen LogP contribution in [0.4, 0.5) is 0 Å². The van der Waals surface area contributed by atoms with Crippen molar-refractivity contribution in [2.75, 3.05) is 6.61 Å². The Labute approximate surface area is 81.7 Å². The van der Waals surface area contributed by atoms with E-state index >= 15 is 0 Å². The third-order valence-corrected chi connectivity index (χ3v) is 2.99. The van der Waals surface area contributed by atoms with E-state index in [-0.39, 0.29) is 12.1 Å². The highest BCUT2D eigenvalue weighted by molar-refractivity contribution is 4.93. The Bertz CT molecular complexity index is 154. The second kappa shape index (κ2) is 4.43. The van der Waals surface area contributed by atoms with Crippen LogP contribution in [0.5, 0.6) is 0 Å². The number of nitrogens with one attached hydrogen (secondary N) is 1. The summed E-state index contributed by atoms with van der Waals surface area (Å²) in [5.74, 6) is 0.757. The van der Waals surface area contributed by atoms with Crippen molar-refractivity contribution in [1.82, 2.24) is 5.32 Å². The molecule has 1 rings (SSSR count). The molecule has 1 aliphatic carbocycles. The summed E-state index contributed by atoms with van der Waals surface area (Å²) >= 11 is 0. The van der Waals surface area contributed by atoms with Gasteiger partial charge in [0.1, 0.15) is 0 Å². The second-order valence-corrected chi connectivity index (χ2v) is 4.94. The highest BCUT2D eigenvalue weighted by Gasteiger charge is 2.34. The van der Waals surface area contributed by atoms with Crippen LogP contribution in [-0.2, 0) is 0 Å². The van der Waals surface area contributed by atoms with Gasteiger partial charge in [-0.2, -0.15) is 0 Å². The Balaban J connectivity index is 2.56. The van der Waals surface area contributed by atoms with E-state index in [0.29, 0.717) is 6.04 Å². The Morgan fingerprint density at radius 1 is 1.54 bits per heavy atom. The molecule has 0 aromatic heterocycles. The predicted octanol–water partition coefficient (Wildman–Crippen LogP) is 1.93. The maximum absolute atomic E-state index is 9.45. The standard InChI is InChI=1S/C11H23NO/c1-9(2)12-11(8-13)6-4-5-10(3)7-11/h9-10,12-13H,4-8H2,1-3H3. The highest BCUT2D eigenvalue weighted by atomic mass is 16.3. The minimum Gasteiger partial charge on any atom is -0.394 e. The zero-order chi connectivity index (χ0) is 9.90. The number of hydrogen-bond acceptors (Lipinski definition) is 2. The van der Waals surface area contributed by atoms with Gasteiger partial charge < -0.3 is 10.4 Å². The average Bonchev–Trinajstić information content (AvgIpc) is 2.03. The summed E-state index contributed by atoms with van der Waals surface area (Å²) in [5.41, 5.74) is 0.0197. The first kappa shape index (κ1) is 11.0. The topological polar surface area (TPSA) is 32.3 Å². The second-order valence-electron chi connectivity index (χ2n) is 4.94. The van der Waals surface area contributed by atoms with Crippen LogP contribution in [0.1, 0.15) is 46.5 Å². The molecule has 0 aromatic rings. The van der Waals surface area contributed by atoms with Gasteiger partial charge in [0.2, 0.25) is 0 Å². The molecule has 2 N–H and O–H groups in total. The minimum atomic E-state index is 0.0197.